The number of halogens is 3. The Morgan fingerprint density at radius 3 is 2.20 bits per heavy atom. The average Bonchev–Trinajstić information content (AvgIpc) is 3.02. The summed E-state index contributed by atoms with van der Waals surface area (Å²) in [6.07, 6.45) is 0.905. The van der Waals surface area contributed by atoms with Crippen molar-refractivity contribution in [2.75, 3.05) is 17.4 Å². The lowest BCUT2D eigenvalue weighted by atomic mass is 10.0. The van der Waals surface area contributed by atoms with Gasteiger partial charge in [0.25, 0.3) is 10.0 Å². The minimum absolute atomic E-state index is 0.0293. The van der Waals surface area contributed by atoms with Gasteiger partial charge in [0.05, 0.1) is 10.6 Å². The van der Waals surface area contributed by atoms with E-state index in [1.54, 1.807) is 60.7 Å². The van der Waals surface area contributed by atoms with Crippen LogP contribution in [-0.4, -0.2) is 44.3 Å². The van der Waals surface area contributed by atoms with Crippen LogP contribution < -0.4 is 9.62 Å². The first-order valence-corrected chi connectivity index (χ1v) is 17.0. The van der Waals surface area contributed by atoms with E-state index in [0.717, 1.165) is 9.87 Å². The summed E-state index contributed by atoms with van der Waals surface area (Å²) in [5.74, 6) is -0.933. The Kier molecular flexibility index (Phi) is 11.9. The summed E-state index contributed by atoms with van der Waals surface area (Å²) in [6.45, 7) is 1.74. The van der Waals surface area contributed by atoms with Crippen LogP contribution in [0.5, 0.6) is 0 Å². The number of hydrogen-bond donors (Lipinski definition) is 1. The highest BCUT2D eigenvalue weighted by Crippen LogP contribution is 2.28. The normalized spacial score (nSPS) is 11.9. The van der Waals surface area contributed by atoms with E-state index in [4.69, 9.17) is 23.2 Å². The summed E-state index contributed by atoms with van der Waals surface area (Å²) in [6, 6.07) is 27.9. The number of amides is 2. The van der Waals surface area contributed by atoms with Crippen molar-refractivity contribution in [1.29, 1.82) is 0 Å². The molecule has 0 aliphatic heterocycles. The number of carbonyl (C=O) groups is 2. The number of sulfonamides is 1. The van der Waals surface area contributed by atoms with E-state index >= 15 is 0 Å². The number of carbonyl (C=O) groups excluding carboxylic acids is 2. The molecule has 11 heteroatoms. The first-order valence-electron chi connectivity index (χ1n) is 14.0. The molecule has 1 unspecified atom stereocenters. The molecule has 1 atom stereocenters. The second-order valence-electron chi connectivity index (χ2n) is 10.1. The van der Waals surface area contributed by atoms with Crippen molar-refractivity contribution in [3.63, 3.8) is 0 Å². The van der Waals surface area contributed by atoms with Crippen LogP contribution >= 0.6 is 39.1 Å². The molecule has 4 rings (SSSR count). The SMILES string of the molecule is CCCNC(=O)C(Cc1ccccc1)N(Cc1ccc(Cl)cc1Cl)C(=O)CN(c1cccc(Br)c1)S(=O)(=O)c1ccccc1. The number of anilines is 1. The first-order chi connectivity index (χ1) is 21.1. The maximum Gasteiger partial charge on any atom is 0.264 e. The molecule has 0 aliphatic carbocycles. The summed E-state index contributed by atoms with van der Waals surface area (Å²) < 4.78 is 29.7. The molecular formula is C33H32BrCl2N3O4S. The van der Waals surface area contributed by atoms with Crippen LogP contribution in [0.25, 0.3) is 0 Å². The van der Waals surface area contributed by atoms with Gasteiger partial charge in [0.1, 0.15) is 12.6 Å². The van der Waals surface area contributed by atoms with Crippen LogP contribution in [0.2, 0.25) is 10.0 Å². The molecule has 1 N–H and O–H groups in total. The highest BCUT2D eigenvalue weighted by atomic mass is 79.9. The Morgan fingerprint density at radius 1 is 0.886 bits per heavy atom. The predicted octanol–water partition coefficient (Wildman–Crippen LogP) is 7.12. The smallest absolute Gasteiger partial charge is 0.264 e. The van der Waals surface area contributed by atoms with Crippen molar-refractivity contribution >= 4 is 66.7 Å². The van der Waals surface area contributed by atoms with Crippen LogP contribution in [0.3, 0.4) is 0 Å². The molecule has 0 fully saturated rings. The van der Waals surface area contributed by atoms with E-state index in [0.29, 0.717) is 33.0 Å². The van der Waals surface area contributed by atoms with E-state index < -0.39 is 28.5 Å². The molecule has 0 aromatic heterocycles. The van der Waals surface area contributed by atoms with Gasteiger partial charge in [0, 0.05) is 34.0 Å². The van der Waals surface area contributed by atoms with Gasteiger partial charge in [-0.15, -0.1) is 0 Å². The van der Waals surface area contributed by atoms with E-state index in [2.05, 4.69) is 21.2 Å². The number of nitrogens with one attached hydrogen (secondary N) is 1. The van der Waals surface area contributed by atoms with E-state index in [9.17, 15) is 18.0 Å². The van der Waals surface area contributed by atoms with Crippen molar-refractivity contribution in [2.45, 2.75) is 37.2 Å². The van der Waals surface area contributed by atoms with Crippen molar-refractivity contribution < 1.29 is 18.0 Å². The molecule has 0 bridgehead atoms. The highest BCUT2D eigenvalue weighted by Gasteiger charge is 2.34. The molecule has 0 radical (unpaired) electrons. The molecular weight excluding hydrogens is 685 g/mol. The fourth-order valence-corrected chi connectivity index (χ4v) is 6.92. The minimum atomic E-state index is -4.18. The van der Waals surface area contributed by atoms with Crippen LogP contribution in [-0.2, 0) is 32.6 Å². The van der Waals surface area contributed by atoms with Gasteiger partial charge in [-0.3, -0.25) is 13.9 Å². The number of benzene rings is 4. The van der Waals surface area contributed by atoms with Gasteiger partial charge in [-0.2, -0.15) is 0 Å². The zero-order chi connectivity index (χ0) is 31.7. The van der Waals surface area contributed by atoms with Gasteiger partial charge < -0.3 is 10.2 Å². The maximum atomic E-state index is 14.4. The van der Waals surface area contributed by atoms with E-state index in [-0.39, 0.29) is 29.5 Å². The molecule has 4 aromatic rings. The molecule has 4 aromatic carbocycles. The van der Waals surface area contributed by atoms with Crippen LogP contribution in [0.15, 0.2) is 112 Å². The molecule has 44 heavy (non-hydrogen) atoms. The third-order valence-electron chi connectivity index (χ3n) is 6.88. The summed E-state index contributed by atoms with van der Waals surface area (Å²) in [5.41, 5.74) is 1.69. The molecule has 230 valence electrons. The Balaban J connectivity index is 1.81. The van der Waals surface area contributed by atoms with Gasteiger partial charge in [-0.05, 0) is 60.0 Å². The Hall–Kier alpha value is -3.37. The van der Waals surface area contributed by atoms with Crippen LogP contribution in [0, 0.1) is 0 Å². The quantitative estimate of drug-likeness (QED) is 0.160. The highest BCUT2D eigenvalue weighted by molar-refractivity contribution is 9.10. The lowest BCUT2D eigenvalue weighted by Gasteiger charge is -2.34. The number of rotatable bonds is 13. The minimum Gasteiger partial charge on any atom is -0.354 e. The molecule has 2 amide bonds. The van der Waals surface area contributed by atoms with Gasteiger partial charge in [0.2, 0.25) is 11.8 Å². The lowest BCUT2D eigenvalue weighted by molar-refractivity contribution is -0.140. The molecule has 0 saturated heterocycles. The lowest BCUT2D eigenvalue weighted by Crippen LogP contribution is -2.53. The van der Waals surface area contributed by atoms with Gasteiger partial charge >= 0.3 is 0 Å². The fraction of sp³-hybridized carbons (Fsp3) is 0.212. The van der Waals surface area contributed by atoms with E-state index in [1.165, 1.54) is 17.0 Å². The zero-order valence-corrected chi connectivity index (χ0v) is 27.9. The van der Waals surface area contributed by atoms with Crippen LogP contribution in [0.1, 0.15) is 24.5 Å². The number of nitrogens with zero attached hydrogens (tertiary/aromatic N) is 2. The molecule has 0 aliphatic rings. The van der Waals surface area contributed by atoms with Gasteiger partial charge in [-0.25, -0.2) is 8.42 Å². The first kappa shape index (κ1) is 33.5. The second kappa shape index (κ2) is 15.6. The second-order valence-corrected chi connectivity index (χ2v) is 13.7. The standard InChI is InChI=1S/C33H32BrCl2N3O4S/c1-2-18-37-33(41)31(19-24-10-5-3-6-11-24)38(22-25-16-17-27(35)21-30(25)36)32(40)23-39(28-13-9-12-26(34)20-28)44(42,43)29-14-7-4-8-15-29/h3-17,20-21,31H,2,18-19,22-23H2,1H3,(H,37,41). The van der Waals surface area contributed by atoms with Crippen LogP contribution in [0.4, 0.5) is 5.69 Å². The third-order valence-corrected chi connectivity index (χ3v) is 9.75. The van der Waals surface area contributed by atoms with Gasteiger partial charge in [0.15, 0.2) is 0 Å². The van der Waals surface area contributed by atoms with Crippen molar-refractivity contribution in [3.05, 3.63) is 129 Å². The van der Waals surface area contributed by atoms with E-state index in [1.807, 2.05) is 37.3 Å². The Morgan fingerprint density at radius 2 is 1.57 bits per heavy atom. The Labute approximate surface area is 277 Å². The molecule has 7 nitrogen and oxygen atoms in total. The molecule has 0 heterocycles. The summed E-state index contributed by atoms with van der Waals surface area (Å²) in [5, 5.41) is 3.67. The third kappa shape index (κ3) is 8.63. The molecule has 0 spiro atoms. The number of hydrogen-bond acceptors (Lipinski definition) is 4. The topological polar surface area (TPSA) is 86.8 Å². The largest absolute Gasteiger partial charge is 0.354 e. The predicted molar refractivity (Wildman–Crippen MR) is 179 cm³/mol. The van der Waals surface area contributed by atoms with Crippen molar-refractivity contribution in [2.24, 2.45) is 0 Å². The summed E-state index contributed by atoms with van der Waals surface area (Å²) in [7, 11) is -4.18. The monoisotopic (exact) mass is 715 g/mol. The average molecular weight is 718 g/mol. The summed E-state index contributed by atoms with van der Waals surface area (Å²) >= 11 is 16.1. The molecule has 0 saturated carbocycles. The van der Waals surface area contributed by atoms with Crippen molar-refractivity contribution in [3.8, 4) is 0 Å². The van der Waals surface area contributed by atoms with Gasteiger partial charge in [-0.1, -0.05) is 107 Å². The zero-order valence-electron chi connectivity index (χ0n) is 24.0. The fourth-order valence-electron chi connectivity index (χ4n) is 4.63. The summed E-state index contributed by atoms with van der Waals surface area (Å²) in [4.78, 5) is 29.6. The Bertz CT molecular complexity index is 1690. The maximum absolute atomic E-state index is 14.4. The van der Waals surface area contributed by atoms with Crippen molar-refractivity contribution in [1.82, 2.24) is 10.2 Å².